The molecule has 6 nitrogen and oxygen atoms in total. The van der Waals surface area contributed by atoms with Crippen LogP contribution in [0.15, 0.2) is 24.5 Å². The zero-order valence-electron chi connectivity index (χ0n) is 9.43. The lowest BCUT2D eigenvalue weighted by molar-refractivity contribution is 0.102. The van der Waals surface area contributed by atoms with E-state index in [-0.39, 0.29) is 11.6 Å². The highest BCUT2D eigenvalue weighted by Gasteiger charge is 2.21. The summed E-state index contributed by atoms with van der Waals surface area (Å²) in [5.41, 5.74) is 0.328. The number of H-pyrrole nitrogens is 1. The minimum Gasteiger partial charge on any atom is -0.496 e. The Morgan fingerprint density at radius 3 is 2.35 bits per heavy atom. The summed E-state index contributed by atoms with van der Waals surface area (Å²) in [6.45, 7) is 0. The first-order valence-electron chi connectivity index (χ1n) is 4.89. The predicted molar refractivity (Wildman–Crippen MR) is 59.4 cm³/mol. The van der Waals surface area contributed by atoms with Crippen LogP contribution in [0.3, 0.4) is 0 Å². The normalized spacial score (nSPS) is 10.0. The zero-order valence-corrected chi connectivity index (χ0v) is 9.43. The molecule has 0 aliphatic rings. The minimum atomic E-state index is -0.322. The van der Waals surface area contributed by atoms with Crippen molar-refractivity contribution >= 4 is 5.78 Å². The number of aromatic nitrogens is 3. The second-order valence-corrected chi connectivity index (χ2v) is 3.20. The van der Waals surface area contributed by atoms with Crippen LogP contribution in [-0.2, 0) is 0 Å². The molecule has 1 N–H and O–H groups in total. The van der Waals surface area contributed by atoms with Crippen LogP contribution < -0.4 is 9.47 Å². The average molecular weight is 233 g/mol. The number of ether oxygens (including phenoxy) is 2. The second kappa shape index (κ2) is 4.65. The van der Waals surface area contributed by atoms with Crippen molar-refractivity contribution in [2.75, 3.05) is 14.2 Å². The van der Waals surface area contributed by atoms with E-state index in [1.807, 2.05) is 0 Å². The van der Waals surface area contributed by atoms with Gasteiger partial charge in [0.2, 0.25) is 5.78 Å². The first kappa shape index (κ1) is 11.1. The number of hydrogen-bond donors (Lipinski definition) is 1. The fraction of sp³-hybridized carbons (Fsp3) is 0.182. The van der Waals surface area contributed by atoms with Gasteiger partial charge in [-0.25, -0.2) is 4.98 Å². The number of methoxy groups -OCH3 is 2. The Morgan fingerprint density at radius 1 is 1.24 bits per heavy atom. The van der Waals surface area contributed by atoms with Gasteiger partial charge in [0.15, 0.2) is 5.82 Å². The van der Waals surface area contributed by atoms with E-state index in [0.717, 1.165) is 0 Å². The number of carbonyl (C=O) groups is 1. The van der Waals surface area contributed by atoms with E-state index in [9.17, 15) is 4.79 Å². The summed E-state index contributed by atoms with van der Waals surface area (Å²) in [5, 5.41) is 6.16. The first-order valence-corrected chi connectivity index (χ1v) is 4.89. The van der Waals surface area contributed by atoms with Crippen LogP contribution in [0.1, 0.15) is 16.2 Å². The van der Waals surface area contributed by atoms with E-state index < -0.39 is 0 Å². The van der Waals surface area contributed by atoms with Crippen molar-refractivity contribution in [3.8, 4) is 11.5 Å². The van der Waals surface area contributed by atoms with E-state index in [0.29, 0.717) is 17.1 Å². The molecule has 2 rings (SSSR count). The van der Waals surface area contributed by atoms with Gasteiger partial charge >= 0.3 is 0 Å². The maximum Gasteiger partial charge on any atom is 0.237 e. The largest absolute Gasteiger partial charge is 0.496 e. The van der Waals surface area contributed by atoms with Gasteiger partial charge in [-0.05, 0) is 12.1 Å². The third kappa shape index (κ3) is 1.96. The van der Waals surface area contributed by atoms with Crippen LogP contribution in [0.2, 0.25) is 0 Å². The molecule has 0 atom stereocenters. The Kier molecular flexibility index (Phi) is 3.04. The van der Waals surface area contributed by atoms with Crippen molar-refractivity contribution in [2.45, 2.75) is 0 Å². The van der Waals surface area contributed by atoms with Crippen molar-refractivity contribution in [1.82, 2.24) is 15.2 Å². The molecule has 88 valence electrons. The lowest BCUT2D eigenvalue weighted by atomic mass is 10.1. The third-order valence-corrected chi connectivity index (χ3v) is 2.28. The molecule has 0 saturated heterocycles. The van der Waals surface area contributed by atoms with E-state index in [1.165, 1.54) is 20.5 Å². The van der Waals surface area contributed by atoms with Gasteiger partial charge in [0, 0.05) is 0 Å². The highest BCUT2D eigenvalue weighted by atomic mass is 16.5. The van der Waals surface area contributed by atoms with Crippen molar-refractivity contribution < 1.29 is 14.3 Å². The summed E-state index contributed by atoms with van der Waals surface area (Å²) in [6.07, 6.45) is 1.27. The molecule has 1 aromatic heterocycles. The molecule has 0 unspecified atom stereocenters. The van der Waals surface area contributed by atoms with E-state index in [2.05, 4.69) is 15.2 Å². The molecule has 0 amide bonds. The number of nitrogens with one attached hydrogen (secondary N) is 1. The first-order chi connectivity index (χ1) is 8.27. The maximum absolute atomic E-state index is 12.2. The minimum absolute atomic E-state index is 0.146. The highest BCUT2D eigenvalue weighted by molar-refractivity contribution is 6.10. The smallest absolute Gasteiger partial charge is 0.237 e. The van der Waals surface area contributed by atoms with Crippen molar-refractivity contribution in [1.29, 1.82) is 0 Å². The summed E-state index contributed by atoms with van der Waals surface area (Å²) in [5.74, 6) is 0.695. The van der Waals surface area contributed by atoms with E-state index >= 15 is 0 Å². The molecule has 17 heavy (non-hydrogen) atoms. The van der Waals surface area contributed by atoms with Gasteiger partial charge in [-0.2, -0.15) is 5.10 Å². The van der Waals surface area contributed by atoms with Gasteiger partial charge in [0.25, 0.3) is 0 Å². The van der Waals surface area contributed by atoms with Gasteiger partial charge in [0.1, 0.15) is 23.4 Å². The Balaban J connectivity index is 2.53. The number of ketones is 1. The van der Waals surface area contributed by atoms with Gasteiger partial charge in [-0.1, -0.05) is 6.07 Å². The van der Waals surface area contributed by atoms with Crippen LogP contribution in [0.25, 0.3) is 0 Å². The molecular weight excluding hydrogens is 222 g/mol. The molecule has 0 spiro atoms. The van der Waals surface area contributed by atoms with Gasteiger partial charge in [-0.15, -0.1) is 0 Å². The van der Waals surface area contributed by atoms with Crippen LogP contribution in [-0.4, -0.2) is 35.2 Å². The Morgan fingerprint density at radius 2 is 1.88 bits per heavy atom. The standard InChI is InChI=1S/C11H11N3O3/c1-16-7-4-3-5-8(17-2)9(7)10(15)11-12-6-13-14-11/h3-6H,1-2H3,(H,12,13,14). The Bertz CT molecular complexity index is 501. The summed E-state index contributed by atoms with van der Waals surface area (Å²) in [6, 6.07) is 5.12. The number of nitrogens with zero attached hydrogens (tertiary/aromatic N) is 2. The van der Waals surface area contributed by atoms with Crippen molar-refractivity contribution in [3.63, 3.8) is 0 Å². The Labute approximate surface area is 97.6 Å². The number of aromatic amines is 1. The molecule has 0 radical (unpaired) electrons. The van der Waals surface area contributed by atoms with Crippen LogP contribution in [0.4, 0.5) is 0 Å². The van der Waals surface area contributed by atoms with Crippen molar-refractivity contribution in [2.24, 2.45) is 0 Å². The summed E-state index contributed by atoms with van der Waals surface area (Å²) >= 11 is 0. The Hall–Kier alpha value is -2.37. The van der Waals surface area contributed by atoms with Crippen LogP contribution in [0.5, 0.6) is 11.5 Å². The van der Waals surface area contributed by atoms with Gasteiger partial charge in [0.05, 0.1) is 14.2 Å². The number of rotatable bonds is 4. The highest BCUT2D eigenvalue weighted by Crippen LogP contribution is 2.29. The average Bonchev–Trinajstić information content (AvgIpc) is 2.90. The predicted octanol–water partition coefficient (Wildman–Crippen LogP) is 1.05. The third-order valence-electron chi connectivity index (χ3n) is 2.28. The lowest BCUT2D eigenvalue weighted by Gasteiger charge is -2.10. The SMILES string of the molecule is COc1cccc(OC)c1C(=O)c1ncn[nH]1. The topological polar surface area (TPSA) is 77.1 Å². The fourth-order valence-electron chi connectivity index (χ4n) is 1.51. The zero-order chi connectivity index (χ0) is 12.3. The van der Waals surface area contributed by atoms with Gasteiger partial charge in [-0.3, -0.25) is 9.89 Å². The molecule has 0 bridgehead atoms. The molecule has 6 heteroatoms. The molecule has 1 heterocycles. The molecule has 0 fully saturated rings. The second-order valence-electron chi connectivity index (χ2n) is 3.20. The quantitative estimate of drug-likeness (QED) is 0.799. The number of benzene rings is 1. The van der Waals surface area contributed by atoms with Crippen LogP contribution >= 0.6 is 0 Å². The molecule has 1 aromatic carbocycles. The summed E-state index contributed by atoms with van der Waals surface area (Å²) in [7, 11) is 2.98. The molecule has 0 aliphatic carbocycles. The number of hydrogen-bond acceptors (Lipinski definition) is 5. The lowest BCUT2D eigenvalue weighted by Crippen LogP contribution is -2.08. The monoisotopic (exact) mass is 233 g/mol. The fourth-order valence-corrected chi connectivity index (χ4v) is 1.51. The molecule has 0 aliphatic heterocycles. The molecular formula is C11H11N3O3. The molecule has 2 aromatic rings. The number of carbonyl (C=O) groups excluding carboxylic acids is 1. The van der Waals surface area contributed by atoms with Crippen LogP contribution in [0, 0.1) is 0 Å². The van der Waals surface area contributed by atoms with E-state index in [4.69, 9.17) is 9.47 Å². The molecule has 0 saturated carbocycles. The van der Waals surface area contributed by atoms with E-state index in [1.54, 1.807) is 18.2 Å². The maximum atomic E-state index is 12.2. The van der Waals surface area contributed by atoms with Crippen molar-refractivity contribution in [3.05, 3.63) is 35.9 Å². The van der Waals surface area contributed by atoms with Gasteiger partial charge < -0.3 is 9.47 Å². The summed E-state index contributed by atoms with van der Waals surface area (Å²) < 4.78 is 10.3. The summed E-state index contributed by atoms with van der Waals surface area (Å²) in [4.78, 5) is 16.0.